The van der Waals surface area contributed by atoms with E-state index in [4.69, 9.17) is 16.3 Å². The van der Waals surface area contributed by atoms with Crippen molar-refractivity contribution in [3.8, 4) is 11.5 Å². The summed E-state index contributed by atoms with van der Waals surface area (Å²) < 4.78 is 35.5. The van der Waals surface area contributed by atoms with Crippen LogP contribution in [0.2, 0.25) is 5.02 Å². The van der Waals surface area contributed by atoms with Crippen LogP contribution in [0.5, 0.6) is 11.5 Å². The smallest absolute Gasteiger partial charge is 0.262 e. The first kappa shape index (κ1) is 39.0. The molecule has 0 aliphatic heterocycles. The van der Waals surface area contributed by atoms with Crippen molar-refractivity contribution in [3.05, 3.63) is 89.4 Å². The normalized spacial score (nSPS) is 11.5. The first-order chi connectivity index (χ1) is 24.3. The largest absolute Gasteiger partial charge is 0.506 e. The number of fused-ring (bicyclic) bond motifs is 1. The number of carbonyl (C=O) groups excluding carboxylic acids is 1. The van der Waals surface area contributed by atoms with E-state index < -0.39 is 15.9 Å². The van der Waals surface area contributed by atoms with Crippen molar-refractivity contribution in [2.75, 3.05) is 16.6 Å². The lowest BCUT2D eigenvalue weighted by Gasteiger charge is -2.15. The number of unbranched alkanes of at least 4 members (excludes halogenated alkanes) is 15. The predicted molar refractivity (Wildman–Crippen MR) is 207 cm³/mol. The van der Waals surface area contributed by atoms with E-state index >= 15 is 0 Å². The standard InChI is InChI=1S/C41H53ClN2O5S/c1-2-3-4-5-6-7-8-9-10-11-12-13-14-15-16-21-30-49-39-25-20-19-24-37(39)44-50(47,48)33-27-29-36(42)38(31-33)43-41(46)35-28-26-32-22-17-18-23-34(32)40(35)45/h17-20,22-29,31,44-45H,2-16,21,30H2,1H3,(H,43,46). The van der Waals surface area contributed by atoms with Gasteiger partial charge in [-0.25, -0.2) is 8.42 Å². The fraction of sp³-hybridized carbons (Fsp3) is 0.439. The molecule has 4 aromatic rings. The van der Waals surface area contributed by atoms with Crippen molar-refractivity contribution in [3.63, 3.8) is 0 Å². The van der Waals surface area contributed by atoms with Gasteiger partial charge >= 0.3 is 0 Å². The van der Waals surface area contributed by atoms with E-state index in [2.05, 4.69) is 17.0 Å². The quantitative estimate of drug-likeness (QED) is 0.0662. The van der Waals surface area contributed by atoms with Gasteiger partial charge in [-0.3, -0.25) is 9.52 Å². The number of halogens is 1. The number of nitrogens with one attached hydrogen (secondary N) is 2. The van der Waals surface area contributed by atoms with Crippen LogP contribution in [0.3, 0.4) is 0 Å². The van der Waals surface area contributed by atoms with Gasteiger partial charge in [0.2, 0.25) is 0 Å². The summed E-state index contributed by atoms with van der Waals surface area (Å²) in [6, 6.07) is 21.4. The average molecular weight is 721 g/mol. The number of rotatable bonds is 23. The molecule has 0 aliphatic carbocycles. The van der Waals surface area contributed by atoms with E-state index in [-0.39, 0.29) is 26.9 Å². The minimum absolute atomic E-state index is 0.0431. The van der Waals surface area contributed by atoms with Crippen molar-refractivity contribution in [2.24, 2.45) is 0 Å². The summed E-state index contributed by atoms with van der Waals surface area (Å²) >= 11 is 6.35. The highest BCUT2D eigenvalue weighted by molar-refractivity contribution is 7.92. The molecule has 4 aromatic carbocycles. The number of benzene rings is 4. The van der Waals surface area contributed by atoms with Crippen LogP contribution in [0.4, 0.5) is 11.4 Å². The highest BCUT2D eigenvalue weighted by Gasteiger charge is 2.20. The maximum atomic E-state index is 13.4. The fourth-order valence-electron chi connectivity index (χ4n) is 6.11. The van der Waals surface area contributed by atoms with Gasteiger partial charge in [0.15, 0.2) is 0 Å². The number of carbonyl (C=O) groups is 1. The Kier molecular flexibility index (Phi) is 16.2. The number of amides is 1. The number of para-hydroxylation sites is 2. The van der Waals surface area contributed by atoms with Crippen molar-refractivity contribution >= 4 is 49.7 Å². The van der Waals surface area contributed by atoms with Gasteiger partial charge in [-0.2, -0.15) is 0 Å². The number of anilines is 2. The molecular weight excluding hydrogens is 668 g/mol. The summed E-state index contributed by atoms with van der Waals surface area (Å²) in [5.74, 6) is -0.338. The van der Waals surface area contributed by atoms with Crippen LogP contribution in [-0.2, 0) is 10.0 Å². The van der Waals surface area contributed by atoms with Crippen molar-refractivity contribution in [1.82, 2.24) is 0 Å². The summed E-state index contributed by atoms with van der Waals surface area (Å²) in [4.78, 5) is 13.0. The summed E-state index contributed by atoms with van der Waals surface area (Å²) in [7, 11) is -4.06. The molecule has 4 rings (SSSR count). The van der Waals surface area contributed by atoms with E-state index in [0.717, 1.165) is 18.2 Å². The molecule has 3 N–H and O–H groups in total. The molecule has 0 fully saturated rings. The zero-order valence-corrected chi connectivity index (χ0v) is 31.0. The van der Waals surface area contributed by atoms with E-state index in [0.29, 0.717) is 23.4 Å². The summed E-state index contributed by atoms with van der Waals surface area (Å²) in [6.45, 7) is 2.76. The Labute approximate surface area is 303 Å². The van der Waals surface area contributed by atoms with Crippen molar-refractivity contribution in [2.45, 2.75) is 115 Å². The zero-order chi connectivity index (χ0) is 35.6. The monoisotopic (exact) mass is 720 g/mol. The van der Waals surface area contributed by atoms with Crippen LogP contribution in [0, 0.1) is 0 Å². The number of hydrogen-bond donors (Lipinski definition) is 3. The molecule has 0 atom stereocenters. The maximum absolute atomic E-state index is 13.4. The molecule has 0 unspecified atom stereocenters. The van der Waals surface area contributed by atoms with Gasteiger partial charge in [0.25, 0.3) is 15.9 Å². The van der Waals surface area contributed by atoms with Crippen molar-refractivity contribution in [1.29, 1.82) is 0 Å². The Morgan fingerprint density at radius 1 is 0.700 bits per heavy atom. The van der Waals surface area contributed by atoms with Gasteiger partial charge in [-0.15, -0.1) is 0 Å². The number of ether oxygens (including phenoxy) is 1. The first-order valence-electron chi connectivity index (χ1n) is 18.4. The van der Waals surface area contributed by atoms with Gasteiger partial charge in [0.05, 0.1) is 33.5 Å². The van der Waals surface area contributed by atoms with Crippen LogP contribution in [0.15, 0.2) is 83.8 Å². The third-order valence-corrected chi connectivity index (χ3v) is 10.7. The fourth-order valence-corrected chi connectivity index (χ4v) is 7.37. The van der Waals surface area contributed by atoms with E-state index in [1.54, 1.807) is 42.5 Å². The molecule has 0 aromatic heterocycles. The number of hydrogen-bond acceptors (Lipinski definition) is 5. The zero-order valence-electron chi connectivity index (χ0n) is 29.4. The summed E-state index contributed by atoms with van der Waals surface area (Å²) in [5.41, 5.74) is 0.465. The Balaban J connectivity index is 1.19. The molecule has 0 radical (unpaired) electrons. The molecule has 1 amide bonds. The molecule has 270 valence electrons. The number of sulfonamides is 1. The van der Waals surface area contributed by atoms with E-state index in [1.807, 2.05) is 12.1 Å². The molecule has 0 aliphatic rings. The molecule has 50 heavy (non-hydrogen) atoms. The molecule has 0 heterocycles. The lowest BCUT2D eigenvalue weighted by molar-refractivity contribution is 0.102. The summed E-state index contributed by atoms with van der Waals surface area (Å²) in [6.07, 6.45) is 20.7. The molecule has 0 saturated carbocycles. The lowest BCUT2D eigenvalue weighted by Crippen LogP contribution is -2.16. The lowest BCUT2D eigenvalue weighted by atomic mass is 10.0. The van der Waals surface area contributed by atoms with Crippen LogP contribution in [0.25, 0.3) is 10.8 Å². The van der Waals surface area contributed by atoms with Crippen LogP contribution in [0.1, 0.15) is 120 Å². The predicted octanol–water partition coefficient (Wildman–Crippen LogP) is 11.9. The van der Waals surface area contributed by atoms with E-state index in [1.165, 1.54) is 114 Å². The van der Waals surface area contributed by atoms with Gasteiger partial charge < -0.3 is 15.2 Å². The maximum Gasteiger partial charge on any atom is 0.262 e. The molecule has 0 spiro atoms. The average Bonchev–Trinajstić information content (AvgIpc) is 3.11. The van der Waals surface area contributed by atoms with E-state index in [9.17, 15) is 18.3 Å². The molecule has 7 nitrogen and oxygen atoms in total. The Hall–Kier alpha value is -3.75. The highest BCUT2D eigenvalue weighted by atomic mass is 35.5. The number of phenols is 1. The van der Waals surface area contributed by atoms with Gasteiger partial charge in [0, 0.05) is 5.39 Å². The van der Waals surface area contributed by atoms with Crippen LogP contribution < -0.4 is 14.8 Å². The molecule has 9 heteroatoms. The number of aromatic hydroxyl groups is 1. The Morgan fingerprint density at radius 2 is 1.28 bits per heavy atom. The Morgan fingerprint density at radius 3 is 1.94 bits per heavy atom. The second kappa shape index (κ2) is 20.8. The van der Waals surface area contributed by atoms with Crippen LogP contribution in [-0.4, -0.2) is 26.0 Å². The molecular formula is C41H53ClN2O5S. The highest BCUT2D eigenvalue weighted by Crippen LogP contribution is 2.32. The molecule has 0 bridgehead atoms. The van der Waals surface area contributed by atoms with Gasteiger partial charge in [0.1, 0.15) is 11.5 Å². The van der Waals surface area contributed by atoms with Gasteiger partial charge in [-0.05, 0) is 48.2 Å². The van der Waals surface area contributed by atoms with Crippen molar-refractivity contribution < 1.29 is 23.1 Å². The SMILES string of the molecule is CCCCCCCCCCCCCCCCCCOc1ccccc1NS(=O)(=O)c1ccc(Cl)c(NC(=O)c2ccc3ccccc3c2O)c1. The molecule has 0 saturated heterocycles. The third-order valence-electron chi connectivity index (χ3n) is 9.03. The minimum atomic E-state index is -4.06. The first-order valence-corrected chi connectivity index (χ1v) is 20.2. The van der Waals surface area contributed by atoms with Gasteiger partial charge in [-0.1, -0.05) is 157 Å². The topological polar surface area (TPSA) is 105 Å². The minimum Gasteiger partial charge on any atom is -0.506 e. The second-order valence-electron chi connectivity index (χ2n) is 13.0. The third kappa shape index (κ3) is 12.2. The summed E-state index contributed by atoms with van der Waals surface area (Å²) in [5, 5.41) is 14.8. The van der Waals surface area contributed by atoms with Crippen LogP contribution >= 0.6 is 11.6 Å². The number of phenolic OH excluding ortho intramolecular Hbond substituents is 1. The second-order valence-corrected chi connectivity index (χ2v) is 15.1. The Bertz CT molecular complexity index is 1760.